The van der Waals surface area contributed by atoms with Crippen LogP contribution in [0.1, 0.15) is 19.3 Å². The lowest BCUT2D eigenvalue weighted by atomic mass is 10.1. The average molecular weight is 394 g/mol. The highest BCUT2D eigenvalue weighted by Crippen LogP contribution is 2.21. The van der Waals surface area contributed by atoms with Gasteiger partial charge in [0.05, 0.1) is 4.90 Å². The van der Waals surface area contributed by atoms with Crippen LogP contribution < -0.4 is 5.32 Å². The third-order valence-electron chi connectivity index (χ3n) is 3.55. The van der Waals surface area contributed by atoms with Gasteiger partial charge in [0.2, 0.25) is 10.0 Å². The van der Waals surface area contributed by atoms with Crippen LogP contribution in [0.3, 0.4) is 0 Å². The van der Waals surface area contributed by atoms with Gasteiger partial charge in [0.1, 0.15) is 0 Å². The van der Waals surface area contributed by atoms with Crippen molar-refractivity contribution >= 4 is 32.6 Å². The third-order valence-corrected chi connectivity index (χ3v) is 6.19. The van der Waals surface area contributed by atoms with Crippen LogP contribution in [0.2, 0.25) is 0 Å². The lowest BCUT2D eigenvalue weighted by Gasteiger charge is -2.26. The molecule has 1 saturated heterocycles. The van der Waals surface area contributed by atoms with Crippen LogP contribution in [-0.4, -0.2) is 38.9 Å². The van der Waals surface area contributed by atoms with E-state index in [4.69, 9.17) is 0 Å². The van der Waals surface area contributed by atoms with E-state index in [1.807, 2.05) is 12.1 Å². The third kappa shape index (κ3) is 3.68. The van der Waals surface area contributed by atoms with E-state index in [0.29, 0.717) is 4.90 Å². The maximum absolute atomic E-state index is 12.6. The maximum Gasteiger partial charge on any atom is 0.243 e. The lowest BCUT2D eigenvalue weighted by molar-refractivity contribution is 0.341. The molecular weight excluding hydrogens is 375 g/mol. The molecule has 0 amide bonds. The van der Waals surface area contributed by atoms with E-state index < -0.39 is 10.0 Å². The monoisotopic (exact) mass is 394 g/mol. The van der Waals surface area contributed by atoms with Crippen LogP contribution >= 0.6 is 22.6 Å². The van der Waals surface area contributed by atoms with Crippen molar-refractivity contribution in [2.24, 2.45) is 0 Å². The summed E-state index contributed by atoms with van der Waals surface area (Å²) in [5, 5.41) is 3.31. The zero-order valence-electron chi connectivity index (χ0n) is 11.0. The molecular formula is C13H19IN2O2S. The first-order valence-electron chi connectivity index (χ1n) is 6.46. The second-order valence-corrected chi connectivity index (χ2v) is 8.05. The predicted octanol–water partition coefficient (Wildman–Crippen LogP) is 2.05. The van der Waals surface area contributed by atoms with E-state index in [-0.39, 0.29) is 6.04 Å². The maximum atomic E-state index is 12.6. The van der Waals surface area contributed by atoms with Gasteiger partial charge in [-0.15, -0.1) is 0 Å². The van der Waals surface area contributed by atoms with Gasteiger partial charge in [0.15, 0.2) is 0 Å². The Morgan fingerprint density at radius 1 is 1.21 bits per heavy atom. The van der Waals surface area contributed by atoms with Gasteiger partial charge >= 0.3 is 0 Å². The first-order chi connectivity index (χ1) is 9.01. The molecule has 1 heterocycles. The highest BCUT2D eigenvalue weighted by molar-refractivity contribution is 14.1. The zero-order chi connectivity index (χ0) is 13.9. The summed E-state index contributed by atoms with van der Waals surface area (Å²) in [5.41, 5.74) is 0. The summed E-state index contributed by atoms with van der Waals surface area (Å²) < 4.78 is 27.7. The molecule has 1 N–H and O–H groups in total. The predicted molar refractivity (Wildman–Crippen MR) is 84.6 cm³/mol. The fraction of sp³-hybridized carbons (Fsp3) is 0.538. The first kappa shape index (κ1) is 15.2. The number of hydrogen-bond donors (Lipinski definition) is 1. The molecule has 0 saturated carbocycles. The molecule has 1 unspecified atom stereocenters. The molecule has 106 valence electrons. The summed E-state index contributed by atoms with van der Waals surface area (Å²) in [7, 11) is -1.67. The van der Waals surface area contributed by atoms with Crippen LogP contribution in [0.15, 0.2) is 29.2 Å². The highest BCUT2D eigenvalue weighted by Gasteiger charge is 2.28. The minimum atomic E-state index is -3.37. The van der Waals surface area contributed by atoms with Crippen molar-refractivity contribution in [1.82, 2.24) is 9.62 Å². The standard InChI is InChI=1S/C13H19IN2O2S/c1-16(12-3-2-9-15-10-8-12)19(17,18)13-6-4-11(14)5-7-13/h4-7,12,15H,2-3,8-10H2,1H3. The molecule has 4 nitrogen and oxygen atoms in total. The fourth-order valence-corrected chi connectivity index (χ4v) is 4.11. The van der Waals surface area contributed by atoms with E-state index in [0.717, 1.165) is 35.9 Å². The molecule has 0 bridgehead atoms. The molecule has 0 radical (unpaired) electrons. The average Bonchev–Trinajstić information content (AvgIpc) is 2.67. The Hall–Kier alpha value is -0.180. The SMILES string of the molecule is CN(C1CCCNCC1)S(=O)(=O)c1ccc(I)cc1. The van der Waals surface area contributed by atoms with Crippen LogP contribution in [0, 0.1) is 3.57 Å². The van der Waals surface area contributed by atoms with Gasteiger partial charge in [0.25, 0.3) is 0 Å². The Morgan fingerprint density at radius 3 is 2.58 bits per heavy atom. The minimum Gasteiger partial charge on any atom is -0.317 e. The summed E-state index contributed by atoms with van der Waals surface area (Å²) in [6, 6.07) is 7.12. The molecule has 6 heteroatoms. The molecule has 19 heavy (non-hydrogen) atoms. The van der Waals surface area contributed by atoms with Crippen molar-refractivity contribution in [3.8, 4) is 0 Å². The Labute approximate surface area is 128 Å². The molecule has 0 aliphatic carbocycles. The topological polar surface area (TPSA) is 49.4 Å². The Kier molecular flexibility index (Phi) is 5.22. The van der Waals surface area contributed by atoms with Crippen molar-refractivity contribution in [2.45, 2.75) is 30.2 Å². The van der Waals surface area contributed by atoms with Gasteiger partial charge in [0, 0.05) is 16.7 Å². The molecule has 1 aromatic rings. The van der Waals surface area contributed by atoms with Crippen molar-refractivity contribution in [2.75, 3.05) is 20.1 Å². The van der Waals surface area contributed by atoms with E-state index in [2.05, 4.69) is 27.9 Å². The summed E-state index contributed by atoms with van der Waals surface area (Å²) >= 11 is 2.17. The summed E-state index contributed by atoms with van der Waals surface area (Å²) in [4.78, 5) is 0.382. The Morgan fingerprint density at radius 2 is 1.89 bits per heavy atom. The summed E-state index contributed by atoms with van der Waals surface area (Å²) in [6.45, 7) is 1.87. The van der Waals surface area contributed by atoms with Crippen molar-refractivity contribution < 1.29 is 8.42 Å². The van der Waals surface area contributed by atoms with Crippen LogP contribution in [0.4, 0.5) is 0 Å². The zero-order valence-corrected chi connectivity index (χ0v) is 13.9. The van der Waals surface area contributed by atoms with Gasteiger partial charge < -0.3 is 5.32 Å². The summed E-state index contributed by atoms with van der Waals surface area (Å²) in [5.74, 6) is 0. The number of halogens is 1. The van der Waals surface area contributed by atoms with Crippen LogP contribution in [0.25, 0.3) is 0 Å². The molecule has 1 aliphatic rings. The molecule has 0 aromatic heterocycles. The first-order valence-corrected chi connectivity index (χ1v) is 8.98. The number of hydrogen-bond acceptors (Lipinski definition) is 3. The quantitative estimate of drug-likeness (QED) is 0.799. The van der Waals surface area contributed by atoms with Crippen molar-refractivity contribution in [1.29, 1.82) is 0 Å². The number of nitrogens with one attached hydrogen (secondary N) is 1. The Bertz CT molecular complexity index is 508. The molecule has 1 aromatic carbocycles. The van der Waals surface area contributed by atoms with Gasteiger partial charge in [-0.25, -0.2) is 8.42 Å². The number of nitrogens with zero attached hydrogens (tertiary/aromatic N) is 1. The van der Waals surface area contributed by atoms with E-state index >= 15 is 0 Å². The van der Waals surface area contributed by atoms with Gasteiger partial charge in [-0.3, -0.25) is 0 Å². The normalized spacial score (nSPS) is 21.3. The fourth-order valence-electron chi connectivity index (χ4n) is 2.33. The Balaban J connectivity index is 2.20. The van der Waals surface area contributed by atoms with E-state index in [9.17, 15) is 8.42 Å². The lowest BCUT2D eigenvalue weighted by Crippen LogP contribution is -2.37. The van der Waals surface area contributed by atoms with Crippen LogP contribution in [-0.2, 0) is 10.0 Å². The minimum absolute atomic E-state index is 0.0966. The van der Waals surface area contributed by atoms with Gasteiger partial charge in [-0.1, -0.05) is 0 Å². The molecule has 1 atom stereocenters. The number of benzene rings is 1. The highest BCUT2D eigenvalue weighted by atomic mass is 127. The van der Waals surface area contributed by atoms with Gasteiger partial charge in [-0.05, 0) is 79.2 Å². The molecule has 2 rings (SSSR count). The van der Waals surface area contributed by atoms with Crippen molar-refractivity contribution in [3.05, 3.63) is 27.8 Å². The molecule has 1 fully saturated rings. The second kappa shape index (κ2) is 6.51. The molecule has 0 spiro atoms. The number of sulfonamides is 1. The van der Waals surface area contributed by atoms with Crippen LogP contribution in [0.5, 0.6) is 0 Å². The van der Waals surface area contributed by atoms with Gasteiger partial charge in [-0.2, -0.15) is 4.31 Å². The summed E-state index contributed by atoms with van der Waals surface area (Å²) in [6.07, 6.45) is 2.82. The largest absolute Gasteiger partial charge is 0.317 e. The smallest absolute Gasteiger partial charge is 0.243 e. The molecule has 1 aliphatic heterocycles. The second-order valence-electron chi connectivity index (χ2n) is 4.81. The van der Waals surface area contributed by atoms with E-state index in [1.165, 1.54) is 0 Å². The van der Waals surface area contributed by atoms with E-state index in [1.54, 1.807) is 23.5 Å². The number of rotatable bonds is 3. The van der Waals surface area contributed by atoms with Crippen molar-refractivity contribution in [3.63, 3.8) is 0 Å².